The minimum Gasteiger partial charge on any atom is -0.330 e. The van der Waals surface area contributed by atoms with Crippen LogP contribution in [0.5, 0.6) is 0 Å². The number of nitrogens with zero attached hydrogens (tertiary/aromatic N) is 4. The Morgan fingerprint density at radius 2 is 2.19 bits per heavy atom. The molecule has 0 saturated heterocycles. The van der Waals surface area contributed by atoms with Gasteiger partial charge in [-0.15, -0.1) is 0 Å². The molecule has 0 amide bonds. The molecule has 2 heterocycles. The number of halogens is 2. The fourth-order valence-electron chi connectivity index (χ4n) is 1.52. The van der Waals surface area contributed by atoms with E-state index < -0.39 is 0 Å². The van der Waals surface area contributed by atoms with Crippen LogP contribution in [0.3, 0.4) is 0 Å². The Morgan fingerprint density at radius 1 is 1.44 bits per heavy atom. The summed E-state index contributed by atoms with van der Waals surface area (Å²) in [5, 5.41) is 1.47. The molecule has 6 heteroatoms. The van der Waals surface area contributed by atoms with Crippen LogP contribution < -0.4 is 0 Å². The maximum Gasteiger partial charge on any atom is 0.146 e. The van der Waals surface area contributed by atoms with Gasteiger partial charge in [0.15, 0.2) is 0 Å². The molecule has 4 nitrogen and oxygen atoms in total. The van der Waals surface area contributed by atoms with E-state index in [9.17, 15) is 0 Å². The van der Waals surface area contributed by atoms with Crippen LogP contribution in [0.15, 0.2) is 12.5 Å². The highest BCUT2D eigenvalue weighted by atomic mass is 127. The number of hydrogen-bond donors (Lipinski definition) is 0. The van der Waals surface area contributed by atoms with E-state index in [-0.39, 0.29) is 0 Å². The first-order valence-corrected chi connectivity index (χ1v) is 6.35. The average molecular weight is 351 g/mol. The number of likely N-dealkylation sites (N-methyl/N-ethyl adjacent to an activating group) is 1. The van der Waals surface area contributed by atoms with Crippen LogP contribution in [0.2, 0.25) is 5.15 Å². The molecule has 0 aliphatic carbocycles. The van der Waals surface area contributed by atoms with Gasteiger partial charge in [-0.05, 0) is 36.7 Å². The van der Waals surface area contributed by atoms with Crippen molar-refractivity contribution in [1.29, 1.82) is 0 Å². The van der Waals surface area contributed by atoms with Crippen molar-refractivity contribution < 1.29 is 0 Å². The summed E-state index contributed by atoms with van der Waals surface area (Å²) >= 11 is 8.32. The Kier molecular flexibility index (Phi) is 3.66. The predicted octanol–water partition coefficient (Wildman–Crippen LogP) is 2.25. The third-order valence-electron chi connectivity index (χ3n) is 2.35. The van der Waals surface area contributed by atoms with Crippen LogP contribution in [0.1, 0.15) is 0 Å². The molecule has 0 bridgehead atoms. The first-order chi connectivity index (χ1) is 7.59. The number of fused-ring (bicyclic) bond motifs is 1. The van der Waals surface area contributed by atoms with Crippen LogP contribution in [0.4, 0.5) is 0 Å². The van der Waals surface area contributed by atoms with Crippen LogP contribution >= 0.6 is 34.2 Å². The number of aromatic nitrogens is 3. The molecule has 2 rings (SSSR count). The zero-order valence-corrected chi connectivity index (χ0v) is 12.0. The quantitative estimate of drug-likeness (QED) is 0.629. The van der Waals surface area contributed by atoms with E-state index in [2.05, 4.69) is 62.3 Å². The standard InChI is InChI=1S/C10H12ClIN4/c1-15(2)3-4-16-5-7(12)8-9(11)13-6-14-10(8)16/h5-6H,3-4H2,1-2H3. The van der Waals surface area contributed by atoms with Gasteiger partial charge in [0.1, 0.15) is 17.1 Å². The molecule has 0 N–H and O–H groups in total. The van der Waals surface area contributed by atoms with Gasteiger partial charge in [-0.25, -0.2) is 9.97 Å². The third-order valence-corrected chi connectivity index (χ3v) is 3.45. The van der Waals surface area contributed by atoms with Crippen molar-refractivity contribution in [3.05, 3.63) is 21.2 Å². The Hall–Kier alpha value is -0.400. The summed E-state index contributed by atoms with van der Waals surface area (Å²) in [5.41, 5.74) is 0.909. The highest BCUT2D eigenvalue weighted by Crippen LogP contribution is 2.26. The van der Waals surface area contributed by atoms with Crippen molar-refractivity contribution in [2.45, 2.75) is 6.54 Å². The minimum absolute atomic E-state index is 0.526. The molecule has 86 valence electrons. The van der Waals surface area contributed by atoms with Crippen molar-refractivity contribution >= 4 is 45.2 Å². The Labute approximate surface area is 113 Å². The molecule has 0 spiro atoms. The van der Waals surface area contributed by atoms with Gasteiger partial charge in [-0.2, -0.15) is 0 Å². The largest absolute Gasteiger partial charge is 0.330 e. The summed E-state index contributed by atoms with van der Waals surface area (Å²) < 4.78 is 3.21. The smallest absolute Gasteiger partial charge is 0.146 e. The predicted molar refractivity (Wildman–Crippen MR) is 73.8 cm³/mol. The second-order valence-corrected chi connectivity index (χ2v) is 5.36. The fraction of sp³-hybridized carbons (Fsp3) is 0.400. The topological polar surface area (TPSA) is 34.0 Å². The molecular weight excluding hydrogens is 338 g/mol. The summed E-state index contributed by atoms with van der Waals surface area (Å²) in [5.74, 6) is 0. The van der Waals surface area contributed by atoms with E-state index >= 15 is 0 Å². The van der Waals surface area contributed by atoms with E-state index in [1.54, 1.807) is 0 Å². The lowest BCUT2D eigenvalue weighted by Gasteiger charge is -2.10. The Morgan fingerprint density at radius 3 is 2.88 bits per heavy atom. The summed E-state index contributed by atoms with van der Waals surface area (Å²) in [4.78, 5) is 10.4. The summed E-state index contributed by atoms with van der Waals surface area (Å²) in [6.07, 6.45) is 3.57. The molecule has 0 fully saturated rings. The third kappa shape index (κ3) is 2.31. The number of hydrogen-bond acceptors (Lipinski definition) is 3. The van der Waals surface area contributed by atoms with Crippen LogP contribution in [-0.2, 0) is 6.54 Å². The summed E-state index contributed by atoms with van der Waals surface area (Å²) in [6.45, 7) is 1.88. The van der Waals surface area contributed by atoms with E-state index in [1.165, 1.54) is 6.33 Å². The van der Waals surface area contributed by atoms with Gasteiger partial charge in [0.25, 0.3) is 0 Å². The van der Waals surface area contributed by atoms with E-state index in [0.29, 0.717) is 5.15 Å². The van der Waals surface area contributed by atoms with Crippen molar-refractivity contribution in [3.8, 4) is 0 Å². The van der Waals surface area contributed by atoms with Crippen molar-refractivity contribution in [1.82, 2.24) is 19.4 Å². The van der Waals surface area contributed by atoms with Gasteiger partial charge in [-0.1, -0.05) is 11.6 Å². The molecule has 0 saturated carbocycles. The molecular formula is C10H12ClIN4. The second-order valence-electron chi connectivity index (χ2n) is 3.84. The fourth-order valence-corrected chi connectivity index (χ4v) is 2.74. The van der Waals surface area contributed by atoms with Crippen molar-refractivity contribution in [3.63, 3.8) is 0 Å². The monoisotopic (exact) mass is 350 g/mol. The van der Waals surface area contributed by atoms with Gasteiger partial charge >= 0.3 is 0 Å². The lowest BCUT2D eigenvalue weighted by molar-refractivity contribution is 0.386. The second kappa shape index (κ2) is 4.85. The summed E-state index contributed by atoms with van der Waals surface area (Å²) in [7, 11) is 4.11. The number of rotatable bonds is 3. The molecule has 0 radical (unpaired) electrons. The van der Waals surface area contributed by atoms with Gasteiger partial charge in [0.2, 0.25) is 0 Å². The summed E-state index contributed by atoms with van der Waals surface area (Å²) in [6, 6.07) is 0. The molecule has 0 aliphatic heterocycles. The van der Waals surface area contributed by atoms with Crippen LogP contribution in [0, 0.1) is 3.57 Å². The normalized spacial score (nSPS) is 11.6. The first-order valence-electron chi connectivity index (χ1n) is 4.89. The maximum atomic E-state index is 6.06. The van der Waals surface area contributed by atoms with Crippen molar-refractivity contribution in [2.75, 3.05) is 20.6 Å². The van der Waals surface area contributed by atoms with E-state index in [4.69, 9.17) is 11.6 Å². The molecule has 16 heavy (non-hydrogen) atoms. The van der Waals surface area contributed by atoms with Crippen LogP contribution in [0.25, 0.3) is 11.0 Å². The van der Waals surface area contributed by atoms with E-state index in [1.807, 2.05) is 0 Å². The zero-order chi connectivity index (χ0) is 11.7. The van der Waals surface area contributed by atoms with Crippen LogP contribution in [-0.4, -0.2) is 40.1 Å². The first kappa shape index (κ1) is 12.1. The van der Waals surface area contributed by atoms with Gasteiger partial charge in [0.05, 0.1) is 5.39 Å². The molecule has 0 aliphatic rings. The maximum absolute atomic E-state index is 6.06. The van der Waals surface area contributed by atoms with Crippen molar-refractivity contribution in [2.24, 2.45) is 0 Å². The van der Waals surface area contributed by atoms with Gasteiger partial charge < -0.3 is 9.47 Å². The lowest BCUT2D eigenvalue weighted by atomic mass is 10.4. The molecule has 2 aromatic rings. The molecule has 0 atom stereocenters. The van der Waals surface area contributed by atoms with E-state index in [0.717, 1.165) is 27.7 Å². The highest BCUT2D eigenvalue weighted by Gasteiger charge is 2.11. The lowest BCUT2D eigenvalue weighted by Crippen LogP contribution is -2.18. The van der Waals surface area contributed by atoms with Gasteiger partial charge in [-0.3, -0.25) is 0 Å². The Balaban J connectivity index is 2.43. The molecule has 2 aromatic heterocycles. The highest BCUT2D eigenvalue weighted by molar-refractivity contribution is 14.1. The van der Waals surface area contributed by atoms with Gasteiger partial charge in [0, 0.05) is 22.9 Å². The molecule has 0 aromatic carbocycles. The minimum atomic E-state index is 0.526. The molecule has 0 unspecified atom stereocenters. The zero-order valence-electron chi connectivity index (χ0n) is 9.11. The Bertz CT molecular complexity index is 509. The average Bonchev–Trinajstić information content (AvgIpc) is 2.54. The SMILES string of the molecule is CN(C)CCn1cc(I)c2c(Cl)ncnc21.